The van der Waals surface area contributed by atoms with Gasteiger partial charge in [-0.1, -0.05) is 24.9 Å². The minimum atomic E-state index is -0.245. The van der Waals surface area contributed by atoms with Crippen LogP contribution in [0.25, 0.3) is 0 Å². The number of hydrogen-bond donors (Lipinski definition) is 0. The second kappa shape index (κ2) is 14.4. The molecule has 1 aliphatic heterocycles. The number of piperidine rings is 1. The van der Waals surface area contributed by atoms with Crippen molar-refractivity contribution in [1.29, 1.82) is 0 Å². The molecule has 0 aromatic heterocycles. The first-order chi connectivity index (χ1) is 11.7. The summed E-state index contributed by atoms with van der Waals surface area (Å²) in [6.07, 6.45) is 6.84. The molecule has 0 bridgehead atoms. The Hall–Kier alpha value is 0.234. The van der Waals surface area contributed by atoms with Crippen molar-refractivity contribution in [2.45, 2.75) is 56.0 Å². The van der Waals surface area contributed by atoms with Crippen LogP contribution in [-0.2, 0) is 18.9 Å². The zero-order valence-electron chi connectivity index (χ0n) is 16.3. The van der Waals surface area contributed by atoms with Crippen molar-refractivity contribution in [1.82, 2.24) is 4.90 Å². The van der Waals surface area contributed by atoms with Crippen molar-refractivity contribution in [2.24, 2.45) is 5.92 Å². The van der Waals surface area contributed by atoms with Gasteiger partial charge < -0.3 is 23.8 Å². The van der Waals surface area contributed by atoms with E-state index in [0.29, 0.717) is 0 Å². The van der Waals surface area contributed by atoms with Crippen LogP contribution >= 0.6 is 0 Å². The minimum absolute atomic E-state index is 0.107. The Bertz CT molecular complexity index is 256. The molecule has 0 aromatic rings. The predicted octanol–water partition coefficient (Wildman–Crippen LogP) is 1.20. The van der Waals surface area contributed by atoms with Crippen LogP contribution < -0.4 is 0 Å². The van der Waals surface area contributed by atoms with E-state index in [4.69, 9.17) is 18.9 Å². The molecule has 1 aliphatic rings. The van der Waals surface area contributed by atoms with Crippen molar-refractivity contribution in [3.8, 4) is 0 Å². The SMILES string of the molecule is COC(OC)[SiH2]CCCC1CCN(CCC[SiH2]C(OC)OC)CC1. The summed E-state index contributed by atoms with van der Waals surface area (Å²) in [7, 11) is 6.53. The van der Waals surface area contributed by atoms with E-state index in [1.165, 1.54) is 63.8 Å². The van der Waals surface area contributed by atoms with Crippen LogP contribution in [0.15, 0.2) is 0 Å². The van der Waals surface area contributed by atoms with E-state index in [2.05, 4.69) is 4.90 Å². The Morgan fingerprint density at radius 2 is 1.33 bits per heavy atom. The highest BCUT2D eigenvalue weighted by Crippen LogP contribution is 2.23. The molecule has 0 radical (unpaired) electrons. The Labute approximate surface area is 153 Å². The van der Waals surface area contributed by atoms with Crippen LogP contribution in [0.5, 0.6) is 0 Å². The molecular weight excluding hydrogens is 338 g/mol. The summed E-state index contributed by atoms with van der Waals surface area (Å²) >= 11 is 0. The molecule has 5 nitrogen and oxygen atoms in total. The molecule has 1 rings (SSSR count). The van der Waals surface area contributed by atoms with Crippen LogP contribution in [0, 0.1) is 5.92 Å². The summed E-state index contributed by atoms with van der Waals surface area (Å²) in [4.78, 5) is 2.65. The van der Waals surface area contributed by atoms with Gasteiger partial charge in [-0.3, -0.25) is 0 Å². The molecule has 0 N–H and O–H groups in total. The fourth-order valence-corrected chi connectivity index (χ4v) is 6.25. The standard InChI is InChI=1S/C17H39NO4Si2/c1-19-16(20-2)23-13-5-7-15-8-11-18(12-9-15)10-6-14-24-17(21-3)22-4/h15-17H,5-14,23-24H2,1-4H3. The molecule has 0 saturated carbocycles. The lowest BCUT2D eigenvalue weighted by Crippen LogP contribution is -2.34. The van der Waals surface area contributed by atoms with Crippen molar-refractivity contribution in [3.63, 3.8) is 0 Å². The van der Waals surface area contributed by atoms with E-state index in [0.717, 1.165) is 5.92 Å². The Morgan fingerprint density at radius 1 is 0.833 bits per heavy atom. The van der Waals surface area contributed by atoms with Gasteiger partial charge in [0.15, 0.2) is 0 Å². The normalized spacial score (nSPS) is 18.2. The van der Waals surface area contributed by atoms with Gasteiger partial charge in [0.05, 0.1) is 19.0 Å². The van der Waals surface area contributed by atoms with Crippen LogP contribution in [0.4, 0.5) is 0 Å². The van der Waals surface area contributed by atoms with E-state index < -0.39 is 0 Å². The first-order valence-electron chi connectivity index (χ1n) is 9.57. The van der Waals surface area contributed by atoms with Gasteiger partial charge in [-0.05, 0) is 44.8 Å². The minimum Gasteiger partial charge on any atom is -0.360 e. The topological polar surface area (TPSA) is 40.2 Å². The highest BCUT2D eigenvalue weighted by molar-refractivity contribution is 6.36. The summed E-state index contributed by atoms with van der Waals surface area (Å²) in [5, 5.41) is 0. The molecule has 0 amide bonds. The Balaban J connectivity index is 1.99. The summed E-state index contributed by atoms with van der Waals surface area (Å²) < 4.78 is 21.2. The molecule has 1 heterocycles. The maximum Gasteiger partial charge on any atom is 0.134 e. The first-order valence-corrected chi connectivity index (χ1v) is 13.2. The molecule has 1 saturated heterocycles. The monoisotopic (exact) mass is 377 g/mol. The number of rotatable bonds is 14. The van der Waals surface area contributed by atoms with Gasteiger partial charge in [-0.15, -0.1) is 0 Å². The van der Waals surface area contributed by atoms with Crippen LogP contribution in [0.1, 0.15) is 32.1 Å². The zero-order chi connectivity index (χ0) is 17.6. The molecule has 24 heavy (non-hydrogen) atoms. The fourth-order valence-electron chi connectivity index (χ4n) is 3.55. The smallest absolute Gasteiger partial charge is 0.134 e. The van der Waals surface area contributed by atoms with Gasteiger partial charge in [0.1, 0.15) is 11.8 Å². The molecule has 0 aliphatic carbocycles. The molecule has 0 atom stereocenters. The highest BCUT2D eigenvalue weighted by atomic mass is 28.2. The number of likely N-dealkylation sites (tertiary alicyclic amines) is 1. The van der Waals surface area contributed by atoms with Crippen molar-refractivity contribution in [2.75, 3.05) is 48.1 Å². The molecule has 0 aromatic carbocycles. The molecule has 1 fully saturated rings. The lowest BCUT2D eigenvalue weighted by Gasteiger charge is -2.32. The largest absolute Gasteiger partial charge is 0.360 e. The number of methoxy groups -OCH3 is 4. The first kappa shape index (κ1) is 22.3. The third-order valence-electron chi connectivity index (χ3n) is 5.23. The number of ether oxygens (including phenoxy) is 4. The van der Waals surface area contributed by atoms with E-state index >= 15 is 0 Å². The maximum absolute atomic E-state index is 5.30. The van der Waals surface area contributed by atoms with Crippen molar-refractivity contribution < 1.29 is 18.9 Å². The van der Waals surface area contributed by atoms with Crippen molar-refractivity contribution in [3.05, 3.63) is 0 Å². The summed E-state index contributed by atoms with van der Waals surface area (Å²) in [5.41, 5.74) is 0. The number of hydrogen-bond acceptors (Lipinski definition) is 5. The fraction of sp³-hybridized carbons (Fsp3) is 1.00. The summed E-state index contributed by atoms with van der Waals surface area (Å²) in [6, 6.07) is 2.66. The average molecular weight is 378 g/mol. The average Bonchev–Trinajstić information content (AvgIpc) is 2.63. The predicted molar refractivity (Wildman–Crippen MR) is 105 cm³/mol. The lowest BCUT2D eigenvalue weighted by atomic mass is 9.92. The molecule has 0 spiro atoms. The maximum atomic E-state index is 5.30. The van der Waals surface area contributed by atoms with Gasteiger partial charge >= 0.3 is 0 Å². The van der Waals surface area contributed by atoms with Crippen molar-refractivity contribution >= 4 is 19.0 Å². The lowest BCUT2D eigenvalue weighted by molar-refractivity contribution is -0.0443. The van der Waals surface area contributed by atoms with Gasteiger partial charge in [-0.2, -0.15) is 0 Å². The van der Waals surface area contributed by atoms with Crippen LogP contribution in [-0.4, -0.2) is 83.8 Å². The number of nitrogens with zero attached hydrogens (tertiary/aromatic N) is 1. The van der Waals surface area contributed by atoms with Gasteiger partial charge in [0.2, 0.25) is 0 Å². The van der Waals surface area contributed by atoms with Crippen LogP contribution in [0.2, 0.25) is 12.1 Å². The molecular formula is C17H39NO4Si2. The van der Waals surface area contributed by atoms with E-state index in [1.807, 2.05) is 0 Å². The summed E-state index contributed by atoms with van der Waals surface area (Å²) in [6.45, 7) is 3.84. The van der Waals surface area contributed by atoms with E-state index in [9.17, 15) is 0 Å². The quantitative estimate of drug-likeness (QED) is 0.258. The third-order valence-corrected chi connectivity index (χ3v) is 9.32. The molecule has 0 unspecified atom stereocenters. The van der Waals surface area contributed by atoms with Crippen LogP contribution in [0.3, 0.4) is 0 Å². The third kappa shape index (κ3) is 9.65. The Morgan fingerprint density at radius 3 is 1.83 bits per heavy atom. The van der Waals surface area contributed by atoms with Gasteiger partial charge in [-0.25, -0.2) is 0 Å². The van der Waals surface area contributed by atoms with Gasteiger partial charge in [0, 0.05) is 28.4 Å². The molecule has 144 valence electrons. The van der Waals surface area contributed by atoms with E-state index in [-0.39, 0.29) is 30.9 Å². The van der Waals surface area contributed by atoms with Gasteiger partial charge in [0.25, 0.3) is 0 Å². The highest BCUT2D eigenvalue weighted by Gasteiger charge is 2.19. The van der Waals surface area contributed by atoms with E-state index in [1.54, 1.807) is 28.4 Å². The second-order valence-corrected chi connectivity index (χ2v) is 10.8. The second-order valence-electron chi connectivity index (χ2n) is 6.87. The molecule has 7 heteroatoms. The zero-order valence-corrected chi connectivity index (χ0v) is 19.1. The Kier molecular flexibility index (Phi) is 13.4. The summed E-state index contributed by atoms with van der Waals surface area (Å²) in [5.74, 6) is 1.17.